The summed E-state index contributed by atoms with van der Waals surface area (Å²) in [4.78, 5) is 11.1. The Morgan fingerprint density at radius 3 is 3.10 bits per heavy atom. The Morgan fingerprint density at radius 1 is 1.43 bits per heavy atom. The molecule has 5 heteroatoms. The highest BCUT2D eigenvalue weighted by Gasteiger charge is 2.27. The van der Waals surface area contributed by atoms with Crippen molar-refractivity contribution in [1.82, 2.24) is 9.97 Å². The smallest absolute Gasteiger partial charge is 0.138 e. The number of fused-ring (bicyclic) bond motifs is 1. The molecule has 0 aliphatic carbocycles. The molecule has 2 atom stereocenters. The summed E-state index contributed by atoms with van der Waals surface area (Å²) in [6.45, 7) is 7.49. The second-order valence-electron chi connectivity index (χ2n) is 6.23. The van der Waals surface area contributed by atoms with Gasteiger partial charge in [0.1, 0.15) is 17.0 Å². The number of thiophene rings is 1. The molecular weight excluding hydrogens is 282 g/mol. The van der Waals surface area contributed by atoms with E-state index in [9.17, 15) is 0 Å². The number of aromatic nitrogens is 2. The SMILES string of the molecule is Cc1cc2c(NC3CCCOC3CC(C)C)ncnc2s1. The van der Waals surface area contributed by atoms with Gasteiger partial charge in [-0.2, -0.15) is 0 Å². The molecule has 0 radical (unpaired) electrons. The van der Waals surface area contributed by atoms with E-state index in [1.165, 1.54) is 4.88 Å². The van der Waals surface area contributed by atoms with E-state index in [1.54, 1.807) is 17.7 Å². The van der Waals surface area contributed by atoms with E-state index in [0.717, 1.165) is 41.9 Å². The van der Waals surface area contributed by atoms with Crippen LogP contribution < -0.4 is 5.32 Å². The van der Waals surface area contributed by atoms with Crippen LogP contribution in [0.5, 0.6) is 0 Å². The number of nitrogens with zero attached hydrogens (tertiary/aromatic N) is 2. The minimum Gasteiger partial charge on any atom is -0.376 e. The second-order valence-corrected chi connectivity index (χ2v) is 7.46. The Bertz CT molecular complexity index is 611. The lowest BCUT2D eigenvalue weighted by Gasteiger charge is -2.33. The normalized spacial score (nSPS) is 22.9. The summed E-state index contributed by atoms with van der Waals surface area (Å²) in [6, 6.07) is 2.52. The van der Waals surface area contributed by atoms with Crippen molar-refractivity contribution in [3.8, 4) is 0 Å². The van der Waals surface area contributed by atoms with Crippen LogP contribution in [0.2, 0.25) is 0 Å². The number of anilines is 1. The monoisotopic (exact) mass is 305 g/mol. The number of nitrogens with one attached hydrogen (secondary N) is 1. The van der Waals surface area contributed by atoms with Gasteiger partial charge < -0.3 is 10.1 Å². The fourth-order valence-corrected chi connectivity index (χ4v) is 3.82. The van der Waals surface area contributed by atoms with Crippen molar-refractivity contribution in [1.29, 1.82) is 0 Å². The molecule has 21 heavy (non-hydrogen) atoms. The Kier molecular flexibility index (Phi) is 4.40. The predicted molar refractivity (Wildman–Crippen MR) is 88.0 cm³/mol. The van der Waals surface area contributed by atoms with Gasteiger partial charge in [-0.3, -0.25) is 0 Å². The largest absolute Gasteiger partial charge is 0.376 e. The van der Waals surface area contributed by atoms with Gasteiger partial charge in [0, 0.05) is 11.5 Å². The van der Waals surface area contributed by atoms with Crippen molar-refractivity contribution in [3.63, 3.8) is 0 Å². The molecule has 0 aromatic carbocycles. The lowest BCUT2D eigenvalue weighted by molar-refractivity contribution is -0.00466. The van der Waals surface area contributed by atoms with E-state index >= 15 is 0 Å². The van der Waals surface area contributed by atoms with Gasteiger partial charge in [0.2, 0.25) is 0 Å². The maximum absolute atomic E-state index is 5.99. The molecule has 2 aromatic rings. The molecular formula is C16H23N3OS. The minimum atomic E-state index is 0.281. The van der Waals surface area contributed by atoms with Crippen LogP contribution in [0.4, 0.5) is 5.82 Å². The summed E-state index contributed by atoms with van der Waals surface area (Å²) in [5.41, 5.74) is 0. The Morgan fingerprint density at radius 2 is 2.29 bits per heavy atom. The fourth-order valence-electron chi connectivity index (χ4n) is 2.97. The van der Waals surface area contributed by atoms with Crippen LogP contribution in [0.15, 0.2) is 12.4 Å². The Balaban J connectivity index is 1.82. The Labute approximate surface area is 129 Å². The third kappa shape index (κ3) is 3.35. The zero-order valence-corrected chi connectivity index (χ0v) is 13.7. The van der Waals surface area contributed by atoms with Gasteiger partial charge in [-0.25, -0.2) is 9.97 Å². The van der Waals surface area contributed by atoms with E-state index in [1.807, 2.05) is 0 Å². The summed E-state index contributed by atoms with van der Waals surface area (Å²) in [6.07, 6.45) is 5.29. The van der Waals surface area contributed by atoms with E-state index in [0.29, 0.717) is 12.0 Å². The van der Waals surface area contributed by atoms with Gasteiger partial charge in [-0.15, -0.1) is 11.3 Å². The van der Waals surface area contributed by atoms with E-state index < -0.39 is 0 Å². The zero-order chi connectivity index (χ0) is 14.8. The molecule has 1 aliphatic heterocycles. The molecule has 3 rings (SSSR count). The summed E-state index contributed by atoms with van der Waals surface area (Å²) in [5, 5.41) is 4.76. The highest BCUT2D eigenvalue weighted by atomic mass is 32.1. The van der Waals surface area contributed by atoms with E-state index in [4.69, 9.17) is 4.74 Å². The van der Waals surface area contributed by atoms with Gasteiger partial charge in [0.15, 0.2) is 0 Å². The molecule has 2 aromatic heterocycles. The molecule has 0 spiro atoms. The average molecular weight is 305 g/mol. The molecule has 2 unspecified atom stereocenters. The first-order valence-corrected chi connectivity index (χ1v) is 8.54. The number of hydrogen-bond acceptors (Lipinski definition) is 5. The first-order valence-electron chi connectivity index (χ1n) is 7.73. The first-order chi connectivity index (χ1) is 10.1. The highest BCUT2D eigenvalue weighted by Crippen LogP contribution is 2.30. The summed E-state index contributed by atoms with van der Waals surface area (Å²) >= 11 is 1.72. The Hall–Kier alpha value is -1.20. The third-order valence-corrected chi connectivity index (χ3v) is 4.88. The number of ether oxygens (including phenoxy) is 1. The average Bonchev–Trinajstić information content (AvgIpc) is 2.82. The molecule has 0 bridgehead atoms. The topological polar surface area (TPSA) is 47.0 Å². The molecule has 1 N–H and O–H groups in total. The van der Waals surface area contributed by atoms with Crippen molar-refractivity contribution in [2.24, 2.45) is 5.92 Å². The second kappa shape index (κ2) is 6.28. The van der Waals surface area contributed by atoms with Crippen LogP contribution in [0.1, 0.15) is 38.0 Å². The lowest BCUT2D eigenvalue weighted by Crippen LogP contribution is -2.40. The van der Waals surface area contributed by atoms with Crippen LogP contribution in [0, 0.1) is 12.8 Å². The van der Waals surface area contributed by atoms with Crippen molar-refractivity contribution in [2.45, 2.75) is 52.2 Å². The molecule has 1 fully saturated rings. The van der Waals surface area contributed by atoms with Crippen molar-refractivity contribution in [2.75, 3.05) is 11.9 Å². The lowest BCUT2D eigenvalue weighted by atomic mass is 9.94. The summed E-state index contributed by atoms with van der Waals surface area (Å²) < 4.78 is 5.99. The summed E-state index contributed by atoms with van der Waals surface area (Å²) in [5.74, 6) is 1.60. The van der Waals surface area contributed by atoms with E-state index in [-0.39, 0.29) is 6.10 Å². The van der Waals surface area contributed by atoms with Gasteiger partial charge in [-0.1, -0.05) is 13.8 Å². The molecule has 3 heterocycles. The minimum absolute atomic E-state index is 0.281. The van der Waals surface area contributed by atoms with Gasteiger partial charge in [0.05, 0.1) is 17.5 Å². The van der Waals surface area contributed by atoms with Crippen LogP contribution in [0.25, 0.3) is 10.2 Å². The first kappa shape index (κ1) is 14.7. The fraction of sp³-hybridized carbons (Fsp3) is 0.625. The summed E-state index contributed by atoms with van der Waals surface area (Å²) in [7, 11) is 0. The van der Waals surface area contributed by atoms with Gasteiger partial charge in [-0.05, 0) is 38.2 Å². The molecule has 114 valence electrons. The molecule has 1 saturated heterocycles. The standard InChI is InChI=1S/C16H23N3OS/c1-10(2)7-14-13(5-4-6-20-14)19-15-12-8-11(3)21-16(12)18-9-17-15/h8-10,13-14H,4-7H2,1-3H3,(H,17,18,19). The number of aryl methyl sites for hydroxylation is 1. The van der Waals surface area contributed by atoms with Crippen LogP contribution in [-0.2, 0) is 4.74 Å². The number of rotatable bonds is 4. The van der Waals surface area contributed by atoms with Crippen LogP contribution in [-0.4, -0.2) is 28.7 Å². The zero-order valence-electron chi connectivity index (χ0n) is 12.9. The third-order valence-electron chi connectivity index (χ3n) is 3.92. The van der Waals surface area contributed by atoms with Crippen molar-refractivity contribution in [3.05, 3.63) is 17.3 Å². The maximum atomic E-state index is 5.99. The molecule has 1 aliphatic rings. The predicted octanol–water partition coefficient (Wildman–Crippen LogP) is 4.01. The van der Waals surface area contributed by atoms with Gasteiger partial charge >= 0.3 is 0 Å². The van der Waals surface area contributed by atoms with Crippen molar-refractivity contribution < 1.29 is 4.74 Å². The highest BCUT2D eigenvalue weighted by molar-refractivity contribution is 7.18. The molecule has 0 saturated carbocycles. The maximum Gasteiger partial charge on any atom is 0.138 e. The quantitative estimate of drug-likeness (QED) is 0.927. The number of hydrogen-bond donors (Lipinski definition) is 1. The van der Waals surface area contributed by atoms with Gasteiger partial charge in [0.25, 0.3) is 0 Å². The van der Waals surface area contributed by atoms with E-state index in [2.05, 4.69) is 42.1 Å². The van der Waals surface area contributed by atoms with Crippen LogP contribution in [0.3, 0.4) is 0 Å². The van der Waals surface area contributed by atoms with Crippen LogP contribution >= 0.6 is 11.3 Å². The van der Waals surface area contributed by atoms with Crippen molar-refractivity contribution >= 4 is 27.4 Å². The molecule has 4 nitrogen and oxygen atoms in total. The molecule has 0 amide bonds.